The summed E-state index contributed by atoms with van der Waals surface area (Å²) < 4.78 is 11.5. The van der Waals surface area contributed by atoms with Crippen molar-refractivity contribution in [1.82, 2.24) is 5.06 Å². The topological polar surface area (TPSA) is 48.0 Å². The van der Waals surface area contributed by atoms with Crippen molar-refractivity contribution in [1.29, 1.82) is 0 Å². The fraction of sp³-hybridized carbons (Fsp3) is 0.643. The molecular weight excluding hydrogens is 246 g/mol. The molecule has 0 aromatic heterocycles. The van der Waals surface area contributed by atoms with E-state index < -0.39 is 5.79 Å². The van der Waals surface area contributed by atoms with Gasteiger partial charge in [-0.3, -0.25) is 9.63 Å². The van der Waals surface area contributed by atoms with E-state index in [-0.39, 0.29) is 18.1 Å². The monoisotopic (exact) mass is 269 g/mol. The Balaban J connectivity index is 2.39. The van der Waals surface area contributed by atoms with E-state index in [1.807, 2.05) is 19.9 Å². The van der Waals surface area contributed by atoms with Gasteiger partial charge in [-0.05, 0) is 26.7 Å². The summed E-state index contributed by atoms with van der Waals surface area (Å²) in [5, 5.41) is 1.17. The Morgan fingerprint density at radius 3 is 2.74 bits per heavy atom. The van der Waals surface area contributed by atoms with Crippen molar-refractivity contribution in [3.8, 4) is 0 Å². The molecule has 1 aliphatic heterocycles. The van der Waals surface area contributed by atoms with Crippen LogP contribution in [0.2, 0.25) is 0 Å². The van der Waals surface area contributed by atoms with E-state index >= 15 is 0 Å². The van der Waals surface area contributed by atoms with Crippen LogP contribution in [0.4, 0.5) is 0 Å². The lowest BCUT2D eigenvalue weighted by Crippen LogP contribution is -2.23. The van der Waals surface area contributed by atoms with Gasteiger partial charge in [0.25, 0.3) is 5.91 Å². The molecule has 2 atom stereocenters. The number of hydrogen-bond donors (Lipinski definition) is 0. The Bertz CT molecular complexity index is 351. The maximum atomic E-state index is 11.4. The lowest BCUT2D eigenvalue weighted by atomic mass is 10.1. The van der Waals surface area contributed by atoms with E-state index in [4.69, 9.17) is 14.3 Å². The summed E-state index contributed by atoms with van der Waals surface area (Å²) in [6, 6.07) is 0. The molecule has 1 rings (SSSR count). The minimum absolute atomic E-state index is 0.0209. The van der Waals surface area contributed by atoms with Gasteiger partial charge in [-0.2, -0.15) is 0 Å². The number of allylic oxidation sites excluding steroid dienone is 1. The quantitative estimate of drug-likeness (QED) is 0.420. The molecule has 5 nitrogen and oxygen atoms in total. The fourth-order valence-corrected chi connectivity index (χ4v) is 1.93. The van der Waals surface area contributed by atoms with Gasteiger partial charge in [0.05, 0.1) is 13.2 Å². The summed E-state index contributed by atoms with van der Waals surface area (Å²) in [5.74, 6) is -0.758. The van der Waals surface area contributed by atoms with Gasteiger partial charge < -0.3 is 9.47 Å². The van der Waals surface area contributed by atoms with E-state index in [1.165, 1.54) is 18.2 Å². The number of nitrogens with zero attached hydrogens (tertiary/aromatic N) is 1. The van der Waals surface area contributed by atoms with Crippen LogP contribution in [0, 0.1) is 0 Å². The maximum Gasteiger partial charge on any atom is 0.269 e. The summed E-state index contributed by atoms with van der Waals surface area (Å²) in [6.07, 6.45) is 6.46. The number of amides is 1. The molecule has 0 bridgehead atoms. The second-order valence-electron chi connectivity index (χ2n) is 4.87. The van der Waals surface area contributed by atoms with Crippen LogP contribution in [0.1, 0.15) is 26.7 Å². The zero-order chi connectivity index (χ0) is 14.5. The molecule has 1 fully saturated rings. The van der Waals surface area contributed by atoms with Gasteiger partial charge in [-0.15, -0.1) is 6.58 Å². The van der Waals surface area contributed by atoms with Crippen LogP contribution in [-0.4, -0.2) is 43.1 Å². The summed E-state index contributed by atoms with van der Waals surface area (Å²) in [6.45, 7) is 7.52. The first kappa shape index (κ1) is 15.9. The van der Waals surface area contributed by atoms with Gasteiger partial charge >= 0.3 is 0 Å². The molecule has 0 N–H and O–H groups in total. The first-order chi connectivity index (χ1) is 8.89. The Kier molecular flexibility index (Phi) is 5.72. The predicted octanol–water partition coefficient (Wildman–Crippen LogP) is 2.05. The molecule has 1 aliphatic rings. The van der Waals surface area contributed by atoms with Crippen LogP contribution < -0.4 is 0 Å². The van der Waals surface area contributed by atoms with Gasteiger partial charge in [0.1, 0.15) is 6.10 Å². The molecule has 108 valence electrons. The molecule has 5 heteroatoms. The summed E-state index contributed by atoms with van der Waals surface area (Å²) >= 11 is 0. The van der Waals surface area contributed by atoms with Crippen LogP contribution in [0.25, 0.3) is 0 Å². The van der Waals surface area contributed by atoms with Crippen molar-refractivity contribution in [2.75, 3.05) is 14.2 Å². The number of carbonyl (C=O) groups is 1. The number of ether oxygens (including phenoxy) is 2. The molecule has 0 unspecified atom stereocenters. The average molecular weight is 269 g/mol. The normalized spacial score (nSPS) is 25.7. The van der Waals surface area contributed by atoms with E-state index in [2.05, 4.69) is 6.58 Å². The second-order valence-corrected chi connectivity index (χ2v) is 4.87. The summed E-state index contributed by atoms with van der Waals surface area (Å²) in [5.41, 5.74) is 0. The summed E-state index contributed by atoms with van der Waals surface area (Å²) in [4.78, 5) is 16.2. The van der Waals surface area contributed by atoms with Gasteiger partial charge in [0, 0.05) is 13.1 Å². The minimum atomic E-state index is -0.570. The predicted molar refractivity (Wildman–Crippen MR) is 72.2 cm³/mol. The molecule has 19 heavy (non-hydrogen) atoms. The molecular formula is C14H23NO4. The molecule has 0 aromatic carbocycles. The zero-order valence-electron chi connectivity index (χ0n) is 12.1. The Labute approximate surface area is 114 Å². The van der Waals surface area contributed by atoms with Crippen molar-refractivity contribution in [3.63, 3.8) is 0 Å². The Hall–Kier alpha value is -1.17. The Morgan fingerprint density at radius 2 is 2.16 bits per heavy atom. The molecule has 1 saturated heterocycles. The van der Waals surface area contributed by atoms with E-state index in [0.717, 1.165) is 12.8 Å². The van der Waals surface area contributed by atoms with Crippen LogP contribution in [-0.2, 0) is 19.1 Å². The standard InChI is InChI=1S/C14H23NO4/c1-6-11-12(19-14(2,3)18-11)9-7-8-10-13(16)15(4)17-5/h6,8,10-12H,1,7,9H2,2-5H3/b10-8+/t11-,12+/m1/s1. The summed E-state index contributed by atoms with van der Waals surface area (Å²) in [7, 11) is 3.02. The lowest BCUT2D eigenvalue weighted by molar-refractivity contribution is -0.162. The highest BCUT2D eigenvalue weighted by molar-refractivity contribution is 5.86. The molecule has 0 aliphatic carbocycles. The lowest BCUT2D eigenvalue weighted by Gasteiger charge is -2.16. The molecule has 1 heterocycles. The fourth-order valence-electron chi connectivity index (χ4n) is 1.93. The highest BCUT2D eigenvalue weighted by Gasteiger charge is 2.38. The Morgan fingerprint density at radius 1 is 1.47 bits per heavy atom. The van der Waals surface area contributed by atoms with E-state index in [0.29, 0.717) is 0 Å². The third kappa shape index (κ3) is 4.78. The van der Waals surface area contributed by atoms with Gasteiger partial charge in [0.2, 0.25) is 0 Å². The molecule has 0 aromatic rings. The number of hydrogen-bond acceptors (Lipinski definition) is 4. The first-order valence-electron chi connectivity index (χ1n) is 6.36. The third-order valence-corrected chi connectivity index (χ3v) is 2.92. The number of likely N-dealkylation sites (N-methyl/N-ethyl adjacent to an activating group) is 1. The van der Waals surface area contributed by atoms with E-state index in [1.54, 1.807) is 13.1 Å². The van der Waals surface area contributed by atoms with Crippen LogP contribution >= 0.6 is 0 Å². The second kappa shape index (κ2) is 6.84. The molecule has 0 spiro atoms. The van der Waals surface area contributed by atoms with Crippen LogP contribution in [0.3, 0.4) is 0 Å². The van der Waals surface area contributed by atoms with Crippen molar-refractivity contribution < 1.29 is 19.1 Å². The first-order valence-corrected chi connectivity index (χ1v) is 6.36. The largest absolute Gasteiger partial charge is 0.344 e. The van der Waals surface area contributed by atoms with E-state index in [9.17, 15) is 4.79 Å². The molecule has 0 radical (unpaired) electrons. The third-order valence-electron chi connectivity index (χ3n) is 2.92. The van der Waals surface area contributed by atoms with Gasteiger partial charge in [0.15, 0.2) is 5.79 Å². The highest BCUT2D eigenvalue weighted by atomic mass is 16.7. The van der Waals surface area contributed by atoms with Crippen molar-refractivity contribution in [2.45, 2.75) is 44.7 Å². The zero-order valence-corrected chi connectivity index (χ0v) is 12.1. The van der Waals surface area contributed by atoms with Crippen molar-refractivity contribution >= 4 is 5.91 Å². The van der Waals surface area contributed by atoms with Crippen LogP contribution in [0.5, 0.6) is 0 Å². The van der Waals surface area contributed by atoms with Crippen LogP contribution in [0.15, 0.2) is 24.8 Å². The SMILES string of the molecule is C=C[C@H]1OC(C)(C)O[C@H]1CC/C=C/C(=O)N(C)OC. The molecule has 0 saturated carbocycles. The number of hydroxylamine groups is 2. The smallest absolute Gasteiger partial charge is 0.269 e. The average Bonchev–Trinajstić information content (AvgIpc) is 2.67. The van der Waals surface area contributed by atoms with Crippen molar-refractivity contribution in [2.24, 2.45) is 0 Å². The van der Waals surface area contributed by atoms with Gasteiger partial charge in [-0.1, -0.05) is 12.2 Å². The van der Waals surface area contributed by atoms with Crippen molar-refractivity contribution in [3.05, 3.63) is 24.8 Å². The highest BCUT2D eigenvalue weighted by Crippen LogP contribution is 2.30. The number of rotatable bonds is 6. The maximum absolute atomic E-state index is 11.4. The molecule has 1 amide bonds. The van der Waals surface area contributed by atoms with Gasteiger partial charge in [-0.25, -0.2) is 5.06 Å². The number of carbonyl (C=O) groups excluding carboxylic acids is 1. The minimum Gasteiger partial charge on any atom is -0.344 e.